The van der Waals surface area contributed by atoms with E-state index in [2.05, 4.69) is 10.0 Å². The third-order valence-electron chi connectivity index (χ3n) is 4.60. The minimum atomic E-state index is -3.81. The van der Waals surface area contributed by atoms with E-state index < -0.39 is 28.5 Å². The van der Waals surface area contributed by atoms with Gasteiger partial charge in [0, 0.05) is 17.4 Å². The number of carbonyl (C=O) groups is 2. The SMILES string of the molecule is COc1ccc(NC(=O)COC(=O)c2cccc(NS(=O)(=O)C=Cc3ccccc3)c2)cc1OC. The van der Waals surface area contributed by atoms with Crippen LogP contribution in [0.4, 0.5) is 11.4 Å². The molecular weight excluding hydrogens is 472 g/mol. The van der Waals surface area contributed by atoms with Crippen LogP contribution < -0.4 is 19.5 Å². The molecule has 0 aliphatic heterocycles. The lowest BCUT2D eigenvalue weighted by Crippen LogP contribution is -2.21. The minimum absolute atomic E-state index is 0.0798. The van der Waals surface area contributed by atoms with Crippen LogP contribution in [-0.4, -0.2) is 41.1 Å². The molecule has 2 N–H and O–H groups in total. The summed E-state index contributed by atoms with van der Waals surface area (Å²) >= 11 is 0. The first-order valence-electron chi connectivity index (χ1n) is 10.3. The molecule has 0 bridgehead atoms. The van der Waals surface area contributed by atoms with E-state index in [4.69, 9.17) is 14.2 Å². The van der Waals surface area contributed by atoms with Crippen LogP contribution in [0.1, 0.15) is 15.9 Å². The zero-order valence-electron chi connectivity index (χ0n) is 19.1. The Balaban J connectivity index is 1.57. The van der Waals surface area contributed by atoms with Crippen LogP contribution in [0, 0.1) is 0 Å². The first-order chi connectivity index (χ1) is 16.8. The predicted octanol–water partition coefficient (Wildman–Crippen LogP) is 3.91. The van der Waals surface area contributed by atoms with E-state index in [0.29, 0.717) is 17.2 Å². The van der Waals surface area contributed by atoms with Crippen LogP contribution in [-0.2, 0) is 19.6 Å². The second-order valence-electron chi connectivity index (χ2n) is 7.14. The highest BCUT2D eigenvalue weighted by molar-refractivity contribution is 7.95. The third-order valence-corrected chi connectivity index (χ3v) is 5.61. The Bertz CT molecular complexity index is 1320. The first-order valence-corrected chi connectivity index (χ1v) is 11.9. The van der Waals surface area contributed by atoms with Gasteiger partial charge in [0.15, 0.2) is 18.1 Å². The Hall–Kier alpha value is -4.31. The van der Waals surface area contributed by atoms with Gasteiger partial charge in [-0.3, -0.25) is 9.52 Å². The number of amides is 1. The third kappa shape index (κ3) is 7.61. The van der Waals surface area contributed by atoms with E-state index in [-0.39, 0.29) is 11.3 Å². The molecule has 3 rings (SSSR count). The molecule has 0 fully saturated rings. The van der Waals surface area contributed by atoms with Crippen molar-refractivity contribution < 1.29 is 32.2 Å². The quantitative estimate of drug-likeness (QED) is 0.408. The van der Waals surface area contributed by atoms with Crippen molar-refractivity contribution >= 4 is 39.4 Å². The van der Waals surface area contributed by atoms with Crippen LogP contribution >= 0.6 is 0 Å². The number of esters is 1. The summed E-state index contributed by atoms with van der Waals surface area (Å²) in [7, 11) is -0.844. The molecule has 182 valence electrons. The van der Waals surface area contributed by atoms with Crippen molar-refractivity contribution in [2.24, 2.45) is 0 Å². The molecule has 0 unspecified atom stereocenters. The van der Waals surface area contributed by atoms with Crippen LogP contribution in [0.25, 0.3) is 6.08 Å². The van der Waals surface area contributed by atoms with Crippen molar-refractivity contribution in [3.8, 4) is 11.5 Å². The number of rotatable bonds is 10. The monoisotopic (exact) mass is 496 g/mol. The lowest BCUT2D eigenvalue weighted by molar-refractivity contribution is -0.119. The molecular formula is C25H24N2O7S. The summed E-state index contributed by atoms with van der Waals surface area (Å²) in [6, 6.07) is 19.5. The van der Waals surface area contributed by atoms with Gasteiger partial charge in [0.2, 0.25) is 0 Å². The average Bonchev–Trinajstić information content (AvgIpc) is 2.86. The molecule has 0 spiro atoms. The fourth-order valence-electron chi connectivity index (χ4n) is 2.97. The highest BCUT2D eigenvalue weighted by Gasteiger charge is 2.14. The van der Waals surface area contributed by atoms with E-state index in [0.717, 1.165) is 11.0 Å². The summed E-state index contributed by atoms with van der Waals surface area (Å²) in [5, 5.41) is 3.63. The number of anilines is 2. The lowest BCUT2D eigenvalue weighted by Gasteiger charge is -2.11. The molecule has 0 aromatic heterocycles. The Morgan fingerprint density at radius 1 is 0.857 bits per heavy atom. The van der Waals surface area contributed by atoms with Crippen LogP contribution in [0.15, 0.2) is 78.2 Å². The molecule has 0 radical (unpaired) electrons. The molecule has 0 heterocycles. The Kier molecular flexibility index (Phi) is 8.47. The smallest absolute Gasteiger partial charge is 0.338 e. The number of carbonyl (C=O) groups excluding carboxylic acids is 2. The highest BCUT2D eigenvalue weighted by atomic mass is 32.2. The van der Waals surface area contributed by atoms with Gasteiger partial charge in [-0.2, -0.15) is 0 Å². The van der Waals surface area contributed by atoms with Gasteiger partial charge in [-0.1, -0.05) is 36.4 Å². The van der Waals surface area contributed by atoms with E-state index in [1.807, 2.05) is 6.07 Å². The fourth-order valence-corrected chi connectivity index (χ4v) is 3.83. The molecule has 0 aliphatic rings. The van der Waals surface area contributed by atoms with Crippen LogP contribution in [0.5, 0.6) is 11.5 Å². The van der Waals surface area contributed by atoms with E-state index in [9.17, 15) is 18.0 Å². The van der Waals surface area contributed by atoms with Gasteiger partial charge in [0.1, 0.15) is 0 Å². The Labute approximate surface area is 203 Å². The molecule has 0 aliphatic carbocycles. The number of hydrogen-bond donors (Lipinski definition) is 2. The summed E-state index contributed by atoms with van der Waals surface area (Å²) in [5.41, 5.74) is 1.41. The van der Waals surface area contributed by atoms with E-state index in [1.54, 1.807) is 42.5 Å². The summed E-state index contributed by atoms with van der Waals surface area (Å²) in [4.78, 5) is 24.6. The average molecular weight is 497 g/mol. The highest BCUT2D eigenvalue weighted by Crippen LogP contribution is 2.29. The van der Waals surface area contributed by atoms with E-state index >= 15 is 0 Å². The summed E-state index contributed by atoms with van der Waals surface area (Å²) < 4.78 is 42.5. The molecule has 3 aromatic carbocycles. The van der Waals surface area contributed by atoms with Crippen molar-refractivity contribution in [2.75, 3.05) is 30.9 Å². The summed E-state index contributed by atoms with van der Waals surface area (Å²) in [5.74, 6) is -0.412. The van der Waals surface area contributed by atoms with Crippen molar-refractivity contribution in [1.82, 2.24) is 0 Å². The molecule has 0 atom stereocenters. The number of hydrogen-bond acceptors (Lipinski definition) is 7. The van der Waals surface area contributed by atoms with Crippen molar-refractivity contribution in [2.45, 2.75) is 0 Å². The van der Waals surface area contributed by atoms with E-state index in [1.165, 1.54) is 44.6 Å². The van der Waals surface area contributed by atoms with Gasteiger partial charge in [0.25, 0.3) is 15.9 Å². The lowest BCUT2D eigenvalue weighted by atomic mass is 10.2. The van der Waals surface area contributed by atoms with Gasteiger partial charge in [-0.15, -0.1) is 0 Å². The normalized spacial score (nSPS) is 11.0. The van der Waals surface area contributed by atoms with Gasteiger partial charge >= 0.3 is 5.97 Å². The second kappa shape index (κ2) is 11.7. The molecule has 9 nitrogen and oxygen atoms in total. The topological polar surface area (TPSA) is 120 Å². The van der Waals surface area contributed by atoms with Gasteiger partial charge < -0.3 is 19.5 Å². The molecule has 3 aromatic rings. The van der Waals surface area contributed by atoms with Crippen molar-refractivity contribution in [3.05, 3.63) is 89.3 Å². The number of ether oxygens (including phenoxy) is 3. The number of benzene rings is 3. The van der Waals surface area contributed by atoms with Gasteiger partial charge in [-0.05, 0) is 42.0 Å². The maximum atomic E-state index is 12.4. The fraction of sp³-hybridized carbons (Fsp3) is 0.120. The van der Waals surface area contributed by atoms with Crippen molar-refractivity contribution in [3.63, 3.8) is 0 Å². The zero-order chi connectivity index (χ0) is 25.3. The number of nitrogens with one attached hydrogen (secondary N) is 2. The zero-order valence-corrected chi connectivity index (χ0v) is 19.9. The van der Waals surface area contributed by atoms with Gasteiger partial charge in [0.05, 0.1) is 25.2 Å². The number of methoxy groups -OCH3 is 2. The predicted molar refractivity (Wildman–Crippen MR) is 133 cm³/mol. The maximum Gasteiger partial charge on any atom is 0.338 e. The Morgan fingerprint density at radius 3 is 2.31 bits per heavy atom. The van der Waals surface area contributed by atoms with Gasteiger partial charge in [-0.25, -0.2) is 13.2 Å². The summed E-state index contributed by atoms with van der Waals surface area (Å²) in [6.45, 7) is -0.539. The summed E-state index contributed by atoms with van der Waals surface area (Å²) in [6.07, 6.45) is 1.46. The molecule has 35 heavy (non-hydrogen) atoms. The first kappa shape index (κ1) is 25.3. The number of sulfonamides is 1. The molecule has 0 saturated carbocycles. The molecule has 0 saturated heterocycles. The standard InChI is InChI=1S/C25H24N2O7S/c1-32-22-12-11-20(16-23(22)33-2)26-24(28)17-34-25(29)19-9-6-10-21(15-19)27-35(30,31)14-13-18-7-4-3-5-8-18/h3-16,27H,17H2,1-2H3,(H,26,28). The minimum Gasteiger partial charge on any atom is -0.493 e. The molecule has 10 heteroatoms. The van der Waals surface area contributed by atoms with Crippen molar-refractivity contribution in [1.29, 1.82) is 0 Å². The van der Waals surface area contributed by atoms with Crippen LogP contribution in [0.2, 0.25) is 0 Å². The van der Waals surface area contributed by atoms with Crippen LogP contribution in [0.3, 0.4) is 0 Å². The molecule has 1 amide bonds. The second-order valence-corrected chi connectivity index (χ2v) is 8.70. The largest absolute Gasteiger partial charge is 0.493 e. The maximum absolute atomic E-state index is 12.4. The Morgan fingerprint density at radius 2 is 1.60 bits per heavy atom.